The Kier molecular flexibility index (Phi) is 5.69. The predicted molar refractivity (Wildman–Crippen MR) is 143 cm³/mol. The summed E-state index contributed by atoms with van der Waals surface area (Å²) in [5, 5.41) is 16.4. The lowest BCUT2D eigenvalue weighted by atomic mass is 9.78. The smallest absolute Gasteiger partial charge is 0.322 e. The minimum absolute atomic E-state index is 0.0678. The van der Waals surface area contributed by atoms with Crippen LogP contribution in [0.4, 0.5) is 15.0 Å². The highest BCUT2D eigenvalue weighted by atomic mass is 19.1. The van der Waals surface area contributed by atoms with Crippen molar-refractivity contribution in [3.63, 3.8) is 0 Å². The highest BCUT2D eigenvalue weighted by molar-refractivity contribution is 5.96. The molecule has 0 aromatic carbocycles. The molecule has 0 atom stereocenters. The number of hydrogen-bond donors (Lipinski definition) is 3. The van der Waals surface area contributed by atoms with E-state index in [2.05, 4.69) is 27.1 Å². The van der Waals surface area contributed by atoms with Gasteiger partial charge in [-0.2, -0.15) is 5.10 Å². The Labute approximate surface area is 221 Å². The van der Waals surface area contributed by atoms with Crippen molar-refractivity contribution >= 4 is 34.7 Å². The molecule has 0 bridgehead atoms. The van der Waals surface area contributed by atoms with Crippen LogP contribution in [0, 0.1) is 10.8 Å². The number of ether oxygens (including phenoxy) is 1. The van der Waals surface area contributed by atoms with Gasteiger partial charge in [0.2, 0.25) is 0 Å². The maximum atomic E-state index is 14.7. The normalized spacial score (nSPS) is 22.7. The summed E-state index contributed by atoms with van der Waals surface area (Å²) in [7, 11) is 2.07. The number of hydrogen-bond acceptors (Lipinski definition) is 8. The molecule has 12 heteroatoms. The van der Waals surface area contributed by atoms with Gasteiger partial charge in [0.1, 0.15) is 5.67 Å². The number of pyridine rings is 1. The highest BCUT2D eigenvalue weighted by Gasteiger charge is 2.53. The van der Waals surface area contributed by atoms with E-state index in [0.29, 0.717) is 17.8 Å². The molecular formula is C26H36FN9O2. The lowest BCUT2D eigenvalue weighted by molar-refractivity contribution is -0.127. The molecule has 11 nitrogen and oxygen atoms in total. The van der Waals surface area contributed by atoms with E-state index in [4.69, 9.17) is 21.0 Å². The van der Waals surface area contributed by atoms with E-state index < -0.39 is 5.67 Å². The molecule has 4 fully saturated rings. The maximum absolute atomic E-state index is 14.7. The molecule has 2 aromatic heterocycles. The number of nitrogens with zero attached hydrogens (tertiary/aromatic N) is 6. The van der Waals surface area contributed by atoms with Crippen LogP contribution in [0.25, 0.3) is 16.6 Å². The summed E-state index contributed by atoms with van der Waals surface area (Å²) < 4.78 is 21.8. The molecule has 2 amide bonds. The van der Waals surface area contributed by atoms with Gasteiger partial charge >= 0.3 is 6.03 Å². The lowest BCUT2D eigenvalue weighted by Crippen LogP contribution is -2.66. The number of piperazine rings is 1. The van der Waals surface area contributed by atoms with Gasteiger partial charge < -0.3 is 35.9 Å². The molecule has 204 valence electrons. The van der Waals surface area contributed by atoms with Gasteiger partial charge in [0.05, 0.1) is 58.7 Å². The summed E-state index contributed by atoms with van der Waals surface area (Å²) in [5.74, 6) is 0.772. The standard InChI is InChI=1S/C26H36FN9O2/c1-24(2,27)11-36-20-8-18(30-10-17(20)22(32-36)34-12-25(13-34)15-38-16-25)21(29)19(9-28)31-23(37)35-7-6-33(3)14-26(35)4-5-26/h8-10,28H,4-7,11-16,29H2,1-3H3,(H,31,37)/b21-19+,28-9?. The molecule has 0 unspecified atom stereocenters. The molecule has 2 spiro atoms. The molecule has 4 aliphatic rings. The minimum Gasteiger partial charge on any atom is -0.395 e. The Morgan fingerprint density at radius 1 is 1.29 bits per heavy atom. The molecule has 3 aliphatic heterocycles. The van der Waals surface area contributed by atoms with Gasteiger partial charge in [-0.25, -0.2) is 9.18 Å². The van der Waals surface area contributed by atoms with Crippen LogP contribution in [0.3, 0.4) is 0 Å². The number of halogens is 1. The number of anilines is 1. The van der Waals surface area contributed by atoms with E-state index in [1.807, 2.05) is 4.90 Å². The van der Waals surface area contributed by atoms with E-state index in [1.165, 1.54) is 13.8 Å². The zero-order valence-corrected chi connectivity index (χ0v) is 22.3. The number of urea groups is 1. The zero-order valence-electron chi connectivity index (χ0n) is 22.3. The van der Waals surface area contributed by atoms with E-state index in [0.717, 1.165) is 69.7 Å². The van der Waals surface area contributed by atoms with Gasteiger partial charge in [-0.05, 0) is 39.8 Å². The van der Waals surface area contributed by atoms with Crippen LogP contribution in [0.2, 0.25) is 0 Å². The third-order valence-electron chi connectivity index (χ3n) is 8.18. The topological polar surface area (TPSA) is 129 Å². The van der Waals surface area contributed by atoms with Gasteiger partial charge in [0, 0.05) is 45.1 Å². The van der Waals surface area contributed by atoms with Crippen LogP contribution in [0.1, 0.15) is 32.4 Å². The second-order valence-electron chi connectivity index (χ2n) is 12.2. The van der Waals surface area contributed by atoms with E-state index >= 15 is 0 Å². The van der Waals surface area contributed by atoms with Gasteiger partial charge in [-0.1, -0.05) is 0 Å². The van der Waals surface area contributed by atoms with Crippen molar-refractivity contribution in [1.29, 1.82) is 5.41 Å². The van der Waals surface area contributed by atoms with Gasteiger partial charge in [0.25, 0.3) is 0 Å². The quantitative estimate of drug-likeness (QED) is 0.491. The Hall–Kier alpha value is -3.25. The lowest BCUT2D eigenvalue weighted by Gasteiger charge is -2.55. The van der Waals surface area contributed by atoms with Crippen molar-refractivity contribution in [3.8, 4) is 0 Å². The fraction of sp³-hybridized carbons (Fsp3) is 0.615. The molecule has 0 radical (unpaired) electrons. The number of rotatable bonds is 6. The minimum atomic E-state index is -1.48. The predicted octanol–water partition coefficient (Wildman–Crippen LogP) is 1.78. The molecule has 38 heavy (non-hydrogen) atoms. The molecule has 6 rings (SSSR count). The second kappa shape index (κ2) is 8.63. The molecule has 4 N–H and O–H groups in total. The molecular weight excluding hydrogens is 489 g/mol. The summed E-state index contributed by atoms with van der Waals surface area (Å²) in [6.07, 6.45) is 4.70. The highest BCUT2D eigenvalue weighted by Crippen LogP contribution is 2.44. The number of aromatic nitrogens is 3. The third-order valence-corrected chi connectivity index (χ3v) is 8.18. The molecule has 1 saturated carbocycles. The zero-order chi connectivity index (χ0) is 26.9. The van der Waals surface area contributed by atoms with E-state index in [9.17, 15) is 9.18 Å². The Morgan fingerprint density at radius 2 is 2.03 bits per heavy atom. The van der Waals surface area contributed by atoms with Gasteiger partial charge in [-0.15, -0.1) is 0 Å². The average Bonchev–Trinajstić information content (AvgIpc) is 3.47. The van der Waals surface area contributed by atoms with Gasteiger partial charge in [0.15, 0.2) is 5.82 Å². The average molecular weight is 526 g/mol. The van der Waals surface area contributed by atoms with Crippen LogP contribution < -0.4 is 16.0 Å². The number of nitrogens with one attached hydrogen (secondary N) is 2. The number of fused-ring (bicyclic) bond motifs is 1. The van der Waals surface area contributed by atoms with Crippen molar-refractivity contribution in [2.24, 2.45) is 11.1 Å². The number of carbonyl (C=O) groups is 1. The number of amides is 2. The van der Waals surface area contributed by atoms with Crippen molar-refractivity contribution in [3.05, 3.63) is 23.7 Å². The summed E-state index contributed by atoms with van der Waals surface area (Å²) in [4.78, 5) is 24.1. The SMILES string of the molecule is CN1CCN(C(=O)N/C(C=N)=C(/N)c2cc3c(cn2)c(N2CC4(COC4)C2)nn3CC(C)(C)F)C2(CC2)C1. The molecule has 1 aliphatic carbocycles. The number of carbonyl (C=O) groups excluding carboxylic acids is 1. The summed E-state index contributed by atoms with van der Waals surface area (Å²) in [6.45, 7) is 8.60. The van der Waals surface area contributed by atoms with Crippen LogP contribution in [-0.2, 0) is 11.3 Å². The van der Waals surface area contributed by atoms with Crippen molar-refractivity contribution in [1.82, 2.24) is 29.9 Å². The van der Waals surface area contributed by atoms with E-state index in [-0.39, 0.29) is 34.9 Å². The number of alkyl halides is 1. The first-order chi connectivity index (χ1) is 18.0. The first-order valence-corrected chi connectivity index (χ1v) is 13.2. The number of allylic oxidation sites excluding steroid dienone is 1. The van der Waals surface area contributed by atoms with Gasteiger partial charge in [-0.3, -0.25) is 9.67 Å². The Bertz CT molecular complexity index is 1310. The van der Waals surface area contributed by atoms with Crippen molar-refractivity contribution in [2.45, 2.75) is 44.4 Å². The monoisotopic (exact) mass is 525 g/mol. The summed E-state index contributed by atoms with van der Waals surface area (Å²) in [5.41, 5.74) is 6.53. The van der Waals surface area contributed by atoms with E-state index in [1.54, 1.807) is 16.9 Å². The first kappa shape index (κ1) is 25.1. The Balaban J connectivity index is 1.29. The fourth-order valence-electron chi connectivity index (χ4n) is 5.96. The van der Waals surface area contributed by atoms with Crippen molar-refractivity contribution in [2.75, 3.05) is 57.9 Å². The van der Waals surface area contributed by atoms with Crippen LogP contribution in [0.15, 0.2) is 18.0 Å². The van der Waals surface area contributed by atoms with Crippen molar-refractivity contribution < 1.29 is 13.9 Å². The second-order valence-corrected chi connectivity index (χ2v) is 12.2. The Morgan fingerprint density at radius 3 is 2.63 bits per heavy atom. The molecule has 3 saturated heterocycles. The molecule has 5 heterocycles. The number of nitrogens with two attached hydrogens (primary N) is 1. The maximum Gasteiger partial charge on any atom is 0.322 e. The summed E-state index contributed by atoms with van der Waals surface area (Å²) in [6, 6.07) is 1.51. The molecule has 2 aromatic rings. The summed E-state index contributed by atoms with van der Waals surface area (Å²) >= 11 is 0. The van der Waals surface area contributed by atoms with Crippen LogP contribution in [-0.4, -0.2) is 101 Å². The van der Waals surface area contributed by atoms with Crippen LogP contribution >= 0.6 is 0 Å². The fourth-order valence-corrected chi connectivity index (χ4v) is 5.96. The van der Waals surface area contributed by atoms with Crippen LogP contribution in [0.5, 0.6) is 0 Å². The number of likely N-dealkylation sites (N-methyl/N-ethyl adjacent to an activating group) is 1. The largest absolute Gasteiger partial charge is 0.395 e. The third kappa shape index (κ3) is 4.29. The first-order valence-electron chi connectivity index (χ1n) is 13.2.